The second kappa shape index (κ2) is 5.95. The van der Waals surface area contributed by atoms with E-state index in [0.717, 1.165) is 12.1 Å². The van der Waals surface area contributed by atoms with Crippen molar-refractivity contribution in [2.45, 2.75) is 6.61 Å². The molecule has 1 aromatic heterocycles. The van der Waals surface area contributed by atoms with E-state index in [1.54, 1.807) is 0 Å². The molecule has 0 unspecified atom stereocenters. The quantitative estimate of drug-likeness (QED) is 0.670. The molecule has 7 nitrogen and oxygen atoms in total. The Labute approximate surface area is 117 Å². The molecule has 21 heavy (non-hydrogen) atoms. The van der Waals surface area contributed by atoms with E-state index in [4.69, 9.17) is 9.84 Å². The van der Waals surface area contributed by atoms with Crippen LogP contribution in [-0.2, 0) is 6.61 Å². The number of aromatic carboxylic acids is 1. The molecule has 2 aromatic rings. The van der Waals surface area contributed by atoms with E-state index in [2.05, 4.69) is 4.98 Å². The van der Waals surface area contributed by atoms with Crippen LogP contribution >= 0.6 is 0 Å². The van der Waals surface area contributed by atoms with Gasteiger partial charge in [-0.2, -0.15) is 4.39 Å². The van der Waals surface area contributed by atoms with Crippen molar-refractivity contribution in [2.75, 3.05) is 0 Å². The molecule has 0 aliphatic rings. The van der Waals surface area contributed by atoms with Crippen LogP contribution in [0.5, 0.6) is 5.75 Å². The Kier molecular flexibility index (Phi) is 4.07. The number of ether oxygens (including phenoxy) is 1. The van der Waals surface area contributed by atoms with E-state index in [9.17, 15) is 19.3 Å². The summed E-state index contributed by atoms with van der Waals surface area (Å²) in [6.45, 7) is -0.138. The Hall–Kier alpha value is -3.03. The molecule has 1 heterocycles. The maximum absolute atomic E-state index is 13.4. The van der Waals surface area contributed by atoms with Gasteiger partial charge in [0.15, 0.2) is 11.4 Å². The lowest BCUT2D eigenvalue weighted by Crippen LogP contribution is -2.05. The fourth-order valence-corrected chi connectivity index (χ4v) is 1.62. The molecule has 0 aliphatic carbocycles. The summed E-state index contributed by atoms with van der Waals surface area (Å²) < 4.78 is 18.7. The van der Waals surface area contributed by atoms with Gasteiger partial charge < -0.3 is 9.84 Å². The Morgan fingerprint density at radius 1 is 1.43 bits per heavy atom. The highest BCUT2D eigenvalue weighted by molar-refractivity contribution is 5.88. The van der Waals surface area contributed by atoms with Crippen molar-refractivity contribution < 1.29 is 24.0 Å². The van der Waals surface area contributed by atoms with E-state index in [1.165, 1.54) is 24.4 Å². The van der Waals surface area contributed by atoms with Gasteiger partial charge in [0.1, 0.15) is 6.61 Å². The molecule has 108 valence electrons. The van der Waals surface area contributed by atoms with Gasteiger partial charge in [-0.05, 0) is 29.8 Å². The van der Waals surface area contributed by atoms with Crippen molar-refractivity contribution in [2.24, 2.45) is 0 Å². The third-order valence-electron chi connectivity index (χ3n) is 2.58. The molecular formula is C13H9FN2O5. The number of hydrogen-bond acceptors (Lipinski definition) is 5. The molecule has 0 bridgehead atoms. The van der Waals surface area contributed by atoms with Gasteiger partial charge in [0.05, 0.1) is 4.92 Å². The average Bonchev–Trinajstić information content (AvgIpc) is 2.45. The smallest absolute Gasteiger partial charge is 0.358 e. The molecule has 8 heteroatoms. The van der Waals surface area contributed by atoms with E-state index in [0.29, 0.717) is 5.56 Å². The van der Waals surface area contributed by atoms with E-state index < -0.39 is 22.4 Å². The van der Waals surface area contributed by atoms with Crippen molar-refractivity contribution in [1.82, 2.24) is 4.98 Å². The lowest BCUT2D eigenvalue weighted by molar-refractivity contribution is -0.387. The van der Waals surface area contributed by atoms with Gasteiger partial charge in [0, 0.05) is 12.3 Å². The fourth-order valence-electron chi connectivity index (χ4n) is 1.62. The largest absolute Gasteiger partial charge is 0.486 e. The summed E-state index contributed by atoms with van der Waals surface area (Å²) in [6, 6.07) is 6.23. The lowest BCUT2D eigenvalue weighted by Gasteiger charge is -2.08. The highest BCUT2D eigenvalue weighted by Crippen LogP contribution is 2.20. The molecule has 1 aromatic carbocycles. The molecule has 0 spiro atoms. The first kappa shape index (κ1) is 14.4. The Balaban J connectivity index is 2.16. The molecule has 0 fully saturated rings. The first-order chi connectivity index (χ1) is 9.99. The predicted octanol–water partition coefficient (Wildman–Crippen LogP) is 2.41. The summed E-state index contributed by atoms with van der Waals surface area (Å²) in [6.07, 6.45) is 1.31. The monoisotopic (exact) mass is 292 g/mol. The van der Waals surface area contributed by atoms with Gasteiger partial charge in [-0.3, -0.25) is 10.1 Å². The molecule has 0 aliphatic heterocycles. The maximum atomic E-state index is 13.4. The standard InChI is InChI=1S/C13H9FN2O5/c14-9-6-8(3-4-10(9)16(19)20)7-21-11-2-1-5-15-12(11)13(17)18/h1-6H,7H2,(H,17,18). The number of rotatable bonds is 5. The van der Waals surface area contributed by atoms with Crippen LogP contribution in [0, 0.1) is 15.9 Å². The van der Waals surface area contributed by atoms with Crippen LogP contribution in [0.15, 0.2) is 36.5 Å². The summed E-state index contributed by atoms with van der Waals surface area (Å²) in [4.78, 5) is 24.2. The summed E-state index contributed by atoms with van der Waals surface area (Å²) in [7, 11) is 0. The van der Waals surface area contributed by atoms with Crippen LogP contribution in [0.2, 0.25) is 0 Å². The van der Waals surface area contributed by atoms with Gasteiger partial charge in [-0.1, -0.05) is 0 Å². The number of carboxylic acid groups (broad SMARTS) is 1. The van der Waals surface area contributed by atoms with Crippen molar-refractivity contribution in [3.63, 3.8) is 0 Å². The molecule has 0 saturated heterocycles. The second-order valence-corrected chi connectivity index (χ2v) is 3.99. The number of pyridine rings is 1. The summed E-state index contributed by atoms with van der Waals surface area (Å²) in [5.74, 6) is -2.20. The highest BCUT2D eigenvalue weighted by atomic mass is 19.1. The van der Waals surface area contributed by atoms with Crippen LogP contribution in [0.25, 0.3) is 0 Å². The number of carboxylic acids is 1. The molecule has 2 rings (SSSR count). The average molecular weight is 292 g/mol. The molecule has 0 atom stereocenters. The first-order valence-electron chi connectivity index (χ1n) is 5.73. The predicted molar refractivity (Wildman–Crippen MR) is 68.6 cm³/mol. The minimum absolute atomic E-state index is 0.0313. The zero-order chi connectivity index (χ0) is 15.4. The minimum atomic E-state index is -1.25. The van der Waals surface area contributed by atoms with Crippen molar-refractivity contribution in [3.8, 4) is 5.75 Å². The van der Waals surface area contributed by atoms with Gasteiger partial charge in [0.2, 0.25) is 5.82 Å². The van der Waals surface area contributed by atoms with Gasteiger partial charge in [-0.15, -0.1) is 0 Å². The van der Waals surface area contributed by atoms with E-state index >= 15 is 0 Å². The zero-order valence-corrected chi connectivity index (χ0v) is 10.5. The van der Waals surface area contributed by atoms with Crippen LogP contribution in [0.1, 0.15) is 16.1 Å². The van der Waals surface area contributed by atoms with Crippen LogP contribution in [-0.4, -0.2) is 21.0 Å². The fraction of sp³-hybridized carbons (Fsp3) is 0.0769. The number of nitro groups is 1. The number of benzene rings is 1. The van der Waals surface area contributed by atoms with Crippen molar-refractivity contribution in [1.29, 1.82) is 0 Å². The molecule has 0 amide bonds. The summed E-state index contributed by atoms with van der Waals surface area (Å²) in [5.41, 5.74) is -0.565. The Morgan fingerprint density at radius 3 is 2.81 bits per heavy atom. The van der Waals surface area contributed by atoms with Crippen LogP contribution in [0.3, 0.4) is 0 Å². The van der Waals surface area contributed by atoms with Crippen LogP contribution < -0.4 is 4.74 Å². The SMILES string of the molecule is O=C(O)c1ncccc1OCc1ccc([N+](=O)[O-])c(F)c1. The van der Waals surface area contributed by atoms with Crippen molar-refractivity contribution in [3.05, 3.63) is 63.7 Å². The first-order valence-corrected chi connectivity index (χ1v) is 5.73. The van der Waals surface area contributed by atoms with Crippen molar-refractivity contribution >= 4 is 11.7 Å². The normalized spacial score (nSPS) is 10.1. The number of halogens is 1. The van der Waals surface area contributed by atoms with E-state index in [-0.39, 0.29) is 18.1 Å². The van der Waals surface area contributed by atoms with E-state index in [1.807, 2.05) is 0 Å². The zero-order valence-electron chi connectivity index (χ0n) is 10.5. The highest BCUT2D eigenvalue weighted by Gasteiger charge is 2.15. The lowest BCUT2D eigenvalue weighted by atomic mass is 10.2. The summed E-state index contributed by atoms with van der Waals surface area (Å²) in [5, 5.41) is 19.4. The van der Waals surface area contributed by atoms with Gasteiger partial charge >= 0.3 is 11.7 Å². The molecule has 1 N–H and O–H groups in total. The number of carbonyl (C=O) groups is 1. The Bertz CT molecular complexity index is 705. The number of aromatic nitrogens is 1. The Morgan fingerprint density at radius 2 is 2.19 bits per heavy atom. The minimum Gasteiger partial charge on any atom is -0.486 e. The van der Waals surface area contributed by atoms with Gasteiger partial charge in [0.25, 0.3) is 0 Å². The van der Waals surface area contributed by atoms with Crippen LogP contribution in [0.4, 0.5) is 10.1 Å². The molecule has 0 radical (unpaired) electrons. The summed E-state index contributed by atoms with van der Waals surface area (Å²) >= 11 is 0. The number of hydrogen-bond donors (Lipinski definition) is 1. The van der Waals surface area contributed by atoms with Gasteiger partial charge in [-0.25, -0.2) is 9.78 Å². The topological polar surface area (TPSA) is 103 Å². The maximum Gasteiger partial charge on any atom is 0.358 e. The second-order valence-electron chi connectivity index (χ2n) is 3.99. The molecular weight excluding hydrogens is 283 g/mol. The number of nitro benzene ring substituents is 1. The third-order valence-corrected chi connectivity index (χ3v) is 2.58. The third kappa shape index (κ3) is 3.30. The molecule has 0 saturated carbocycles. The number of nitrogens with zero attached hydrogens (tertiary/aromatic N) is 2.